The third-order valence-corrected chi connectivity index (χ3v) is 3.89. The van der Waals surface area contributed by atoms with Crippen molar-refractivity contribution in [1.82, 2.24) is 19.5 Å². The maximum absolute atomic E-state index is 12.3. The van der Waals surface area contributed by atoms with E-state index in [1.54, 1.807) is 24.7 Å². The highest BCUT2D eigenvalue weighted by Gasteiger charge is 2.28. The van der Waals surface area contributed by atoms with E-state index >= 15 is 0 Å². The molecule has 0 spiro atoms. The van der Waals surface area contributed by atoms with Crippen LogP contribution in [0.1, 0.15) is 13.8 Å². The van der Waals surface area contributed by atoms with Gasteiger partial charge in [0, 0.05) is 6.54 Å². The number of imidazole rings is 1. The highest BCUT2D eigenvalue weighted by atomic mass is 31.2. The lowest BCUT2D eigenvalue weighted by molar-refractivity contribution is -0.265. The average molecular weight is 361 g/mol. The van der Waals surface area contributed by atoms with Gasteiger partial charge in [-0.25, -0.2) is 24.7 Å². The predicted molar refractivity (Wildman–Crippen MR) is 83.6 cm³/mol. The normalized spacial score (nSPS) is 12.1. The number of aromatic nitrogens is 4. The van der Waals surface area contributed by atoms with Crippen LogP contribution in [-0.4, -0.2) is 45.7 Å². The fourth-order valence-corrected chi connectivity index (χ4v) is 2.72. The highest BCUT2D eigenvalue weighted by Crippen LogP contribution is 2.48. The van der Waals surface area contributed by atoms with E-state index in [4.69, 9.17) is 19.8 Å². The first-order valence-corrected chi connectivity index (χ1v) is 9.03. The fraction of sp³-hybridized carbons (Fsp3) is 0.583. The van der Waals surface area contributed by atoms with Gasteiger partial charge in [0.1, 0.15) is 11.8 Å². The number of nitrogen functional groups attached to an aromatic ring is 1. The number of anilines is 1. The molecular weight excluding hydrogens is 341 g/mol. The van der Waals surface area contributed by atoms with Gasteiger partial charge in [0.25, 0.3) is 0 Å². The molecule has 12 heteroatoms. The van der Waals surface area contributed by atoms with E-state index in [1.807, 2.05) is 0 Å². The van der Waals surface area contributed by atoms with E-state index in [0.717, 1.165) is 0 Å². The summed E-state index contributed by atoms with van der Waals surface area (Å²) in [6, 6.07) is 0. The Hall–Kier alpha value is -1.62. The molecule has 0 radical (unpaired) electrons. The topological polar surface area (TPSA) is 133 Å². The van der Waals surface area contributed by atoms with Crippen LogP contribution in [0.3, 0.4) is 0 Å². The summed E-state index contributed by atoms with van der Waals surface area (Å²) >= 11 is 0. The number of hydrogen-bond acceptors (Lipinski definition) is 10. The first kappa shape index (κ1) is 18.7. The summed E-state index contributed by atoms with van der Waals surface area (Å²) in [5.74, 6) is 0.305. The third-order valence-electron chi connectivity index (χ3n) is 2.72. The minimum Gasteiger partial charge on any atom is -0.382 e. The van der Waals surface area contributed by atoms with Crippen LogP contribution in [-0.2, 0) is 35.0 Å². The number of ether oxygens (including phenoxy) is 1. The zero-order valence-corrected chi connectivity index (χ0v) is 14.3. The molecule has 2 aromatic heterocycles. The molecule has 2 heterocycles. The van der Waals surface area contributed by atoms with Gasteiger partial charge in [0.05, 0.1) is 26.1 Å². The Morgan fingerprint density at radius 2 is 1.88 bits per heavy atom. The maximum atomic E-state index is 12.3. The van der Waals surface area contributed by atoms with Crippen molar-refractivity contribution in [3.8, 4) is 0 Å². The molecule has 0 unspecified atom stereocenters. The summed E-state index contributed by atoms with van der Waals surface area (Å²) < 4.78 is 28.8. The van der Waals surface area contributed by atoms with Crippen molar-refractivity contribution in [2.75, 3.05) is 31.9 Å². The molecule has 134 valence electrons. The van der Waals surface area contributed by atoms with Gasteiger partial charge in [-0.2, -0.15) is 0 Å². The third kappa shape index (κ3) is 4.94. The Kier molecular flexibility index (Phi) is 7.03. The molecule has 0 aliphatic heterocycles. The summed E-state index contributed by atoms with van der Waals surface area (Å²) in [5.41, 5.74) is 6.82. The largest absolute Gasteiger partial charge is 0.409 e. The molecule has 0 aromatic carbocycles. The Morgan fingerprint density at radius 1 is 1.17 bits per heavy atom. The molecule has 2 N–H and O–H groups in total. The number of fused-ring (bicyclic) bond motifs is 1. The van der Waals surface area contributed by atoms with E-state index in [0.29, 0.717) is 23.5 Å². The van der Waals surface area contributed by atoms with Crippen molar-refractivity contribution in [2.24, 2.45) is 0 Å². The van der Waals surface area contributed by atoms with E-state index in [1.165, 1.54) is 6.33 Å². The zero-order valence-electron chi connectivity index (χ0n) is 13.5. The van der Waals surface area contributed by atoms with Crippen LogP contribution in [0.25, 0.3) is 11.2 Å². The van der Waals surface area contributed by atoms with Gasteiger partial charge in [0.2, 0.25) is 0 Å². The second-order valence-corrected chi connectivity index (χ2v) is 6.26. The standard InChI is InChI=1S/C12H20N5O6P/c1-3-20-22-24(18,23-21-4-2)9-19-6-5-17-8-16-10-11(13)14-7-15-12(10)17/h7-8H,3-6,9H2,1-2H3,(H2,13,14,15). The Bertz CT molecular complexity index is 684. The molecule has 2 aromatic rings. The predicted octanol–water partition coefficient (Wildman–Crippen LogP) is 1.51. The first-order valence-electron chi connectivity index (χ1n) is 7.30. The van der Waals surface area contributed by atoms with Crippen molar-refractivity contribution in [3.63, 3.8) is 0 Å². The van der Waals surface area contributed by atoms with Crippen molar-refractivity contribution >= 4 is 24.6 Å². The lowest BCUT2D eigenvalue weighted by Crippen LogP contribution is -2.10. The van der Waals surface area contributed by atoms with Crippen LogP contribution >= 0.6 is 7.60 Å². The molecule has 0 atom stereocenters. The minimum atomic E-state index is -3.65. The molecular formula is C12H20N5O6P. The smallest absolute Gasteiger partial charge is 0.382 e. The zero-order chi connectivity index (χ0) is 17.4. The second-order valence-electron chi connectivity index (χ2n) is 4.48. The van der Waals surface area contributed by atoms with Crippen molar-refractivity contribution < 1.29 is 28.4 Å². The second kappa shape index (κ2) is 9.02. The molecule has 0 saturated heterocycles. The van der Waals surface area contributed by atoms with Crippen molar-refractivity contribution in [3.05, 3.63) is 12.7 Å². The fourth-order valence-electron chi connectivity index (χ4n) is 1.72. The van der Waals surface area contributed by atoms with Crippen LogP contribution in [0.15, 0.2) is 12.7 Å². The molecule has 0 saturated carbocycles. The number of nitrogens with zero attached hydrogens (tertiary/aromatic N) is 4. The summed E-state index contributed by atoms with van der Waals surface area (Å²) in [4.78, 5) is 21.5. The molecule has 11 nitrogen and oxygen atoms in total. The van der Waals surface area contributed by atoms with Gasteiger partial charge in [-0.3, -0.25) is 4.57 Å². The molecule has 0 fully saturated rings. The number of hydrogen-bond donors (Lipinski definition) is 1. The van der Waals surface area contributed by atoms with E-state index in [9.17, 15) is 4.57 Å². The summed E-state index contributed by atoms with van der Waals surface area (Å²) in [7, 11) is -3.65. The highest BCUT2D eigenvalue weighted by molar-refractivity contribution is 7.53. The van der Waals surface area contributed by atoms with E-state index in [2.05, 4.69) is 24.7 Å². The lowest BCUT2D eigenvalue weighted by Gasteiger charge is -2.15. The molecule has 2 rings (SSSR count). The van der Waals surface area contributed by atoms with Crippen LogP contribution in [0.2, 0.25) is 0 Å². The van der Waals surface area contributed by atoms with Gasteiger partial charge in [-0.05, 0) is 13.8 Å². The monoisotopic (exact) mass is 361 g/mol. The van der Waals surface area contributed by atoms with Gasteiger partial charge < -0.3 is 15.0 Å². The Balaban J connectivity index is 1.87. The quantitative estimate of drug-likeness (QED) is 0.272. The SMILES string of the molecule is CCOOP(=O)(COCCn1cnc2c(N)ncnc21)OOCC. The van der Waals surface area contributed by atoms with E-state index in [-0.39, 0.29) is 26.2 Å². The van der Waals surface area contributed by atoms with E-state index < -0.39 is 7.60 Å². The first-order chi connectivity index (χ1) is 11.6. The molecule has 0 aliphatic carbocycles. The Morgan fingerprint density at radius 3 is 2.54 bits per heavy atom. The summed E-state index contributed by atoms with van der Waals surface area (Å²) in [6.07, 6.45) is 2.61. The van der Waals surface area contributed by atoms with Crippen molar-refractivity contribution in [1.29, 1.82) is 0 Å². The van der Waals surface area contributed by atoms with Gasteiger partial charge in [-0.15, -0.1) is 9.35 Å². The van der Waals surface area contributed by atoms with Gasteiger partial charge in [0.15, 0.2) is 17.8 Å². The molecule has 0 aliphatic rings. The Labute approximate surface area is 138 Å². The molecule has 0 amide bonds. The van der Waals surface area contributed by atoms with Crippen LogP contribution in [0, 0.1) is 0 Å². The van der Waals surface area contributed by atoms with Crippen LogP contribution in [0.4, 0.5) is 5.82 Å². The lowest BCUT2D eigenvalue weighted by atomic mass is 10.5. The molecule has 0 bridgehead atoms. The summed E-state index contributed by atoms with van der Waals surface area (Å²) in [5, 5.41) is 0. The van der Waals surface area contributed by atoms with Gasteiger partial charge >= 0.3 is 7.60 Å². The number of nitrogens with two attached hydrogens (primary N) is 1. The number of rotatable bonds is 11. The minimum absolute atomic E-state index is 0.210. The van der Waals surface area contributed by atoms with Crippen molar-refractivity contribution in [2.45, 2.75) is 20.4 Å². The molecule has 24 heavy (non-hydrogen) atoms. The maximum Gasteiger partial charge on any atom is 0.409 e. The summed E-state index contributed by atoms with van der Waals surface area (Å²) in [6.45, 7) is 4.41. The van der Waals surface area contributed by atoms with Crippen LogP contribution < -0.4 is 5.73 Å². The average Bonchev–Trinajstić information content (AvgIpc) is 3.00. The van der Waals surface area contributed by atoms with Gasteiger partial charge in [-0.1, -0.05) is 0 Å². The van der Waals surface area contributed by atoms with Crippen LogP contribution in [0.5, 0.6) is 0 Å².